The molecule has 2 aromatic carbocycles. The quantitative estimate of drug-likeness (QED) is 0.790. The van der Waals surface area contributed by atoms with Gasteiger partial charge in [-0.25, -0.2) is 4.39 Å². The molecule has 0 unspecified atom stereocenters. The lowest BCUT2D eigenvalue weighted by Crippen LogP contribution is -2.48. The molecule has 0 saturated carbocycles. The molecule has 1 saturated heterocycles. The van der Waals surface area contributed by atoms with Crippen molar-refractivity contribution in [2.45, 2.75) is 0 Å². The number of nitrogens with zero attached hydrogens (tertiary/aromatic N) is 2. The molecular weight excluding hydrogens is 327 g/mol. The third kappa shape index (κ3) is 4.15. The van der Waals surface area contributed by atoms with Gasteiger partial charge in [0.2, 0.25) is 5.91 Å². The van der Waals surface area contributed by atoms with Crippen molar-refractivity contribution in [3.05, 3.63) is 71.0 Å². The normalized spacial score (nSPS) is 15.1. The fourth-order valence-electron chi connectivity index (χ4n) is 2.68. The van der Waals surface area contributed by atoms with Crippen molar-refractivity contribution >= 4 is 29.3 Å². The van der Waals surface area contributed by atoms with Crippen molar-refractivity contribution in [1.82, 2.24) is 4.90 Å². The van der Waals surface area contributed by atoms with Crippen molar-refractivity contribution < 1.29 is 9.18 Å². The van der Waals surface area contributed by atoms with Gasteiger partial charge in [0.05, 0.1) is 0 Å². The summed E-state index contributed by atoms with van der Waals surface area (Å²) in [6.45, 7) is 2.93. The molecule has 3 rings (SSSR count). The maximum atomic E-state index is 12.9. The monoisotopic (exact) mass is 344 g/mol. The van der Waals surface area contributed by atoms with Crippen LogP contribution >= 0.6 is 11.6 Å². The molecule has 24 heavy (non-hydrogen) atoms. The van der Waals surface area contributed by atoms with Gasteiger partial charge in [-0.15, -0.1) is 0 Å². The van der Waals surface area contributed by atoms with Gasteiger partial charge in [-0.1, -0.05) is 23.7 Å². The number of amides is 1. The van der Waals surface area contributed by atoms with E-state index in [0.717, 1.165) is 29.4 Å². The summed E-state index contributed by atoms with van der Waals surface area (Å²) >= 11 is 5.91. The number of piperazine rings is 1. The smallest absolute Gasteiger partial charge is 0.246 e. The van der Waals surface area contributed by atoms with Crippen LogP contribution in [0.25, 0.3) is 6.08 Å². The highest BCUT2D eigenvalue weighted by Gasteiger charge is 2.19. The van der Waals surface area contributed by atoms with Crippen molar-refractivity contribution in [1.29, 1.82) is 0 Å². The van der Waals surface area contributed by atoms with E-state index >= 15 is 0 Å². The molecule has 0 bridgehead atoms. The molecule has 0 spiro atoms. The van der Waals surface area contributed by atoms with E-state index in [0.29, 0.717) is 13.1 Å². The minimum Gasteiger partial charge on any atom is -0.368 e. The van der Waals surface area contributed by atoms with Crippen LogP contribution in [0.3, 0.4) is 0 Å². The second-order valence-corrected chi connectivity index (χ2v) is 6.11. The predicted octanol–water partition coefficient (Wildman–Crippen LogP) is 3.84. The van der Waals surface area contributed by atoms with Gasteiger partial charge >= 0.3 is 0 Å². The second kappa shape index (κ2) is 7.49. The largest absolute Gasteiger partial charge is 0.368 e. The van der Waals surface area contributed by atoms with Gasteiger partial charge in [-0.2, -0.15) is 0 Å². The lowest BCUT2D eigenvalue weighted by molar-refractivity contribution is -0.126. The first kappa shape index (κ1) is 16.5. The van der Waals surface area contributed by atoms with Crippen LogP contribution in [0.1, 0.15) is 5.56 Å². The number of rotatable bonds is 3. The summed E-state index contributed by atoms with van der Waals surface area (Å²) in [6, 6.07) is 13.8. The molecule has 0 aliphatic carbocycles. The molecule has 1 aliphatic heterocycles. The fraction of sp³-hybridized carbons (Fsp3) is 0.211. The van der Waals surface area contributed by atoms with Gasteiger partial charge in [0.15, 0.2) is 0 Å². The minimum absolute atomic E-state index is 0.0184. The summed E-state index contributed by atoms with van der Waals surface area (Å²) in [5.74, 6) is -0.299. The number of anilines is 1. The molecule has 1 amide bonds. The van der Waals surface area contributed by atoms with Gasteiger partial charge in [0.25, 0.3) is 0 Å². The number of benzene rings is 2. The highest BCUT2D eigenvalue weighted by atomic mass is 35.5. The van der Waals surface area contributed by atoms with E-state index in [2.05, 4.69) is 4.90 Å². The lowest BCUT2D eigenvalue weighted by Gasteiger charge is -2.35. The first-order valence-electron chi connectivity index (χ1n) is 7.85. The molecule has 124 valence electrons. The summed E-state index contributed by atoms with van der Waals surface area (Å²) in [7, 11) is 0. The van der Waals surface area contributed by atoms with Crippen LogP contribution in [0.4, 0.5) is 10.1 Å². The van der Waals surface area contributed by atoms with E-state index in [1.54, 1.807) is 24.3 Å². The van der Waals surface area contributed by atoms with E-state index in [1.165, 1.54) is 12.1 Å². The average Bonchev–Trinajstić information content (AvgIpc) is 2.62. The Balaban J connectivity index is 1.55. The Morgan fingerprint density at radius 2 is 1.58 bits per heavy atom. The number of hydrogen-bond donors (Lipinski definition) is 0. The summed E-state index contributed by atoms with van der Waals surface area (Å²) in [4.78, 5) is 16.3. The highest BCUT2D eigenvalue weighted by molar-refractivity contribution is 6.30. The van der Waals surface area contributed by atoms with E-state index < -0.39 is 0 Å². The van der Waals surface area contributed by atoms with Gasteiger partial charge in [0, 0.05) is 43.0 Å². The summed E-state index contributed by atoms with van der Waals surface area (Å²) in [6.07, 6.45) is 3.26. The van der Waals surface area contributed by atoms with Crippen molar-refractivity contribution in [3.63, 3.8) is 0 Å². The summed E-state index contributed by atoms with van der Waals surface area (Å²) in [5, 5.41) is 0.721. The molecule has 0 aromatic heterocycles. The zero-order valence-corrected chi connectivity index (χ0v) is 13.9. The van der Waals surface area contributed by atoms with Crippen LogP contribution in [-0.2, 0) is 4.79 Å². The Morgan fingerprint density at radius 3 is 2.21 bits per heavy atom. The summed E-state index contributed by atoms with van der Waals surface area (Å²) in [5.41, 5.74) is 1.93. The molecule has 1 fully saturated rings. The molecular formula is C19H18ClFN2O. The molecule has 5 heteroatoms. The van der Waals surface area contributed by atoms with Gasteiger partial charge < -0.3 is 9.80 Å². The number of hydrogen-bond acceptors (Lipinski definition) is 2. The van der Waals surface area contributed by atoms with E-state index in [1.807, 2.05) is 29.2 Å². The van der Waals surface area contributed by atoms with Crippen molar-refractivity contribution in [2.75, 3.05) is 31.1 Å². The Bertz CT molecular complexity index is 720. The SMILES string of the molecule is O=C(/C=C\c1ccc(F)cc1)N1CCN(c2ccc(Cl)cc2)CC1. The van der Waals surface area contributed by atoms with Crippen LogP contribution in [-0.4, -0.2) is 37.0 Å². The molecule has 0 atom stereocenters. The molecule has 3 nitrogen and oxygen atoms in total. The van der Waals surface area contributed by atoms with Crippen molar-refractivity contribution in [3.8, 4) is 0 Å². The lowest BCUT2D eigenvalue weighted by atomic mass is 10.2. The minimum atomic E-state index is -0.281. The molecule has 1 aliphatic rings. The third-order valence-electron chi connectivity index (χ3n) is 4.07. The maximum Gasteiger partial charge on any atom is 0.246 e. The van der Waals surface area contributed by atoms with Crippen LogP contribution in [0.2, 0.25) is 5.02 Å². The van der Waals surface area contributed by atoms with Crippen LogP contribution in [0.15, 0.2) is 54.6 Å². The number of carbonyl (C=O) groups is 1. The van der Waals surface area contributed by atoms with E-state index in [9.17, 15) is 9.18 Å². The third-order valence-corrected chi connectivity index (χ3v) is 4.32. The van der Waals surface area contributed by atoms with Gasteiger partial charge in [-0.3, -0.25) is 4.79 Å². The maximum absolute atomic E-state index is 12.9. The first-order chi connectivity index (χ1) is 11.6. The molecule has 0 radical (unpaired) electrons. The molecule has 0 N–H and O–H groups in total. The Hall–Kier alpha value is -2.33. The number of halogens is 2. The second-order valence-electron chi connectivity index (χ2n) is 5.67. The Labute approximate surface area is 145 Å². The Morgan fingerprint density at radius 1 is 0.958 bits per heavy atom. The zero-order valence-electron chi connectivity index (χ0n) is 13.2. The summed E-state index contributed by atoms with van der Waals surface area (Å²) < 4.78 is 12.9. The fourth-order valence-corrected chi connectivity index (χ4v) is 2.81. The van der Waals surface area contributed by atoms with Crippen LogP contribution in [0.5, 0.6) is 0 Å². The topological polar surface area (TPSA) is 23.6 Å². The highest BCUT2D eigenvalue weighted by Crippen LogP contribution is 2.19. The van der Waals surface area contributed by atoms with Gasteiger partial charge in [-0.05, 0) is 48.0 Å². The van der Waals surface area contributed by atoms with Crippen LogP contribution in [0, 0.1) is 5.82 Å². The standard InChI is InChI=1S/C19H18ClFN2O/c20-16-4-8-18(9-5-16)22-11-13-23(14-12-22)19(24)10-3-15-1-6-17(21)7-2-15/h1-10H,11-14H2/b10-3-. The average molecular weight is 345 g/mol. The number of carbonyl (C=O) groups excluding carboxylic acids is 1. The van der Waals surface area contributed by atoms with Crippen LogP contribution < -0.4 is 4.90 Å². The zero-order chi connectivity index (χ0) is 16.9. The first-order valence-corrected chi connectivity index (χ1v) is 8.23. The molecule has 1 heterocycles. The Kier molecular flexibility index (Phi) is 5.16. The van der Waals surface area contributed by atoms with E-state index in [4.69, 9.17) is 11.6 Å². The van der Waals surface area contributed by atoms with E-state index in [-0.39, 0.29) is 11.7 Å². The predicted molar refractivity (Wildman–Crippen MR) is 95.7 cm³/mol. The van der Waals surface area contributed by atoms with Gasteiger partial charge in [0.1, 0.15) is 5.82 Å². The molecule has 2 aromatic rings. The van der Waals surface area contributed by atoms with Crippen molar-refractivity contribution in [2.24, 2.45) is 0 Å².